The summed E-state index contributed by atoms with van der Waals surface area (Å²) in [4.78, 5) is 14.3. The zero-order valence-corrected chi connectivity index (χ0v) is 16.2. The molecule has 1 atom stereocenters. The van der Waals surface area contributed by atoms with Gasteiger partial charge in [-0.25, -0.2) is 8.42 Å². The summed E-state index contributed by atoms with van der Waals surface area (Å²) in [6, 6.07) is 13.2. The molecule has 3 rings (SSSR count). The number of hydrogen-bond donors (Lipinski definition) is 1. The van der Waals surface area contributed by atoms with Gasteiger partial charge in [0.05, 0.1) is 11.5 Å². The summed E-state index contributed by atoms with van der Waals surface area (Å²) in [5.74, 6) is 0.494. The van der Waals surface area contributed by atoms with Crippen LogP contribution >= 0.6 is 0 Å². The predicted octanol–water partition coefficient (Wildman–Crippen LogP) is 1.78. The Balaban J connectivity index is 1.58. The molecule has 2 heterocycles. The van der Waals surface area contributed by atoms with Crippen molar-refractivity contribution in [3.63, 3.8) is 0 Å². The van der Waals surface area contributed by atoms with Crippen molar-refractivity contribution >= 4 is 21.6 Å². The lowest BCUT2D eigenvalue weighted by atomic mass is 10.1. The van der Waals surface area contributed by atoms with Crippen LogP contribution in [-0.4, -0.2) is 60.1 Å². The van der Waals surface area contributed by atoms with Crippen molar-refractivity contribution in [2.75, 3.05) is 29.9 Å². The molecule has 8 heteroatoms. The van der Waals surface area contributed by atoms with Crippen LogP contribution in [0.1, 0.15) is 29.4 Å². The summed E-state index contributed by atoms with van der Waals surface area (Å²) in [6.07, 6.45) is 1.34. The topological polar surface area (TPSA) is 92.3 Å². The molecule has 2 aromatic rings. The van der Waals surface area contributed by atoms with Crippen LogP contribution in [0.2, 0.25) is 0 Å². The lowest BCUT2D eigenvalue weighted by Gasteiger charge is -2.26. The normalized spacial score (nSPS) is 18.2. The fraction of sp³-hybridized carbons (Fsp3) is 0.421. The van der Waals surface area contributed by atoms with E-state index >= 15 is 0 Å². The molecule has 1 N–H and O–H groups in total. The van der Waals surface area contributed by atoms with E-state index in [0.717, 1.165) is 6.42 Å². The van der Waals surface area contributed by atoms with E-state index in [1.807, 2.05) is 25.1 Å². The summed E-state index contributed by atoms with van der Waals surface area (Å²) in [7, 11) is -3.05. The molecule has 0 saturated carbocycles. The molecular formula is C19H24N4O3S. The summed E-state index contributed by atoms with van der Waals surface area (Å²) in [6.45, 7) is 3.00. The fourth-order valence-electron chi connectivity index (χ4n) is 3.26. The van der Waals surface area contributed by atoms with Crippen molar-refractivity contribution in [2.24, 2.45) is 0 Å². The van der Waals surface area contributed by atoms with Crippen molar-refractivity contribution in [3.05, 3.63) is 53.7 Å². The van der Waals surface area contributed by atoms with Crippen LogP contribution in [0.3, 0.4) is 0 Å². The number of hydrogen-bond acceptors (Lipinski definition) is 6. The lowest BCUT2D eigenvalue weighted by molar-refractivity contribution is 0.0701. The third kappa shape index (κ3) is 5.03. The molecule has 0 radical (unpaired) electrons. The van der Waals surface area contributed by atoms with Crippen LogP contribution in [0, 0.1) is 0 Å². The van der Waals surface area contributed by atoms with Crippen molar-refractivity contribution in [1.29, 1.82) is 0 Å². The van der Waals surface area contributed by atoms with Crippen LogP contribution in [0.5, 0.6) is 0 Å². The van der Waals surface area contributed by atoms with E-state index in [-0.39, 0.29) is 29.1 Å². The van der Waals surface area contributed by atoms with Gasteiger partial charge in [-0.05, 0) is 37.5 Å². The number of nitrogens with zero attached hydrogens (tertiary/aromatic N) is 3. The Morgan fingerprint density at radius 1 is 1.19 bits per heavy atom. The van der Waals surface area contributed by atoms with Gasteiger partial charge in [0.25, 0.3) is 5.91 Å². The highest BCUT2D eigenvalue weighted by molar-refractivity contribution is 7.91. The molecule has 144 valence electrons. The Hall–Kier alpha value is -2.48. The van der Waals surface area contributed by atoms with Crippen LogP contribution in [-0.2, 0) is 16.3 Å². The van der Waals surface area contributed by atoms with Gasteiger partial charge in [-0.2, -0.15) is 0 Å². The number of sulfone groups is 1. The Bertz CT molecular complexity index is 870. The summed E-state index contributed by atoms with van der Waals surface area (Å²) in [5, 5.41) is 11.3. The van der Waals surface area contributed by atoms with E-state index in [2.05, 4.69) is 27.6 Å². The number of carbonyl (C=O) groups excluding carboxylic acids is 1. The van der Waals surface area contributed by atoms with E-state index < -0.39 is 9.84 Å². The summed E-state index contributed by atoms with van der Waals surface area (Å²) >= 11 is 0. The minimum atomic E-state index is -3.05. The highest BCUT2D eigenvalue weighted by Gasteiger charge is 2.34. The first-order valence-electron chi connectivity index (χ1n) is 9.11. The lowest BCUT2D eigenvalue weighted by Crippen LogP contribution is -2.41. The quantitative estimate of drug-likeness (QED) is 0.777. The zero-order valence-electron chi connectivity index (χ0n) is 15.3. The van der Waals surface area contributed by atoms with Crippen molar-refractivity contribution in [1.82, 2.24) is 15.1 Å². The number of nitrogens with one attached hydrogen (secondary N) is 1. The van der Waals surface area contributed by atoms with Gasteiger partial charge < -0.3 is 10.2 Å². The van der Waals surface area contributed by atoms with E-state index in [4.69, 9.17) is 0 Å². The van der Waals surface area contributed by atoms with Gasteiger partial charge in [-0.15, -0.1) is 10.2 Å². The molecule has 1 saturated heterocycles. The maximum Gasteiger partial charge on any atom is 0.274 e. The second kappa shape index (κ2) is 8.47. The van der Waals surface area contributed by atoms with Gasteiger partial charge in [0, 0.05) is 19.1 Å². The van der Waals surface area contributed by atoms with Gasteiger partial charge in [0.15, 0.2) is 15.5 Å². The van der Waals surface area contributed by atoms with Gasteiger partial charge in [0.1, 0.15) is 5.82 Å². The number of rotatable bonds is 7. The molecule has 7 nitrogen and oxygen atoms in total. The van der Waals surface area contributed by atoms with Gasteiger partial charge >= 0.3 is 0 Å². The van der Waals surface area contributed by atoms with E-state index in [9.17, 15) is 13.2 Å². The van der Waals surface area contributed by atoms with E-state index in [1.165, 1.54) is 5.56 Å². The standard InChI is InChI=1S/C19H24N4O3S/c1-2-23(16-11-13-27(25,26)14-16)19(24)17-8-9-18(22-21-17)20-12-10-15-6-4-3-5-7-15/h3-9,16H,2,10-14H2,1H3,(H,20,22). The van der Waals surface area contributed by atoms with Gasteiger partial charge in [-0.3, -0.25) is 4.79 Å². The molecular weight excluding hydrogens is 364 g/mol. The predicted molar refractivity (Wildman–Crippen MR) is 104 cm³/mol. The smallest absolute Gasteiger partial charge is 0.274 e. The third-order valence-electron chi connectivity index (χ3n) is 4.70. The number of aromatic nitrogens is 2. The molecule has 1 aromatic heterocycles. The first-order chi connectivity index (χ1) is 13.0. The number of amides is 1. The molecule has 1 unspecified atom stereocenters. The Labute approximate surface area is 159 Å². The van der Waals surface area contributed by atoms with Crippen molar-refractivity contribution in [2.45, 2.75) is 25.8 Å². The average molecular weight is 388 g/mol. The highest BCUT2D eigenvalue weighted by atomic mass is 32.2. The molecule has 1 amide bonds. The average Bonchev–Trinajstić information content (AvgIpc) is 3.03. The SMILES string of the molecule is CCN(C(=O)c1ccc(NCCc2ccccc2)nn1)C1CCS(=O)(=O)C1. The molecule has 27 heavy (non-hydrogen) atoms. The van der Waals surface area contributed by atoms with E-state index in [0.29, 0.717) is 25.3 Å². The second-order valence-electron chi connectivity index (χ2n) is 6.61. The Morgan fingerprint density at radius 2 is 1.96 bits per heavy atom. The molecule has 1 fully saturated rings. The number of benzene rings is 1. The summed E-state index contributed by atoms with van der Waals surface area (Å²) < 4.78 is 23.4. The maximum absolute atomic E-state index is 12.7. The molecule has 1 aliphatic rings. The van der Waals surface area contributed by atoms with Gasteiger partial charge in [0.2, 0.25) is 0 Å². The largest absolute Gasteiger partial charge is 0.368 e. The fourth-order valence-corrected chi connectivity index (χ4v) is 4.99. The minimum absolute atomic E-state index is 0.0269. The molecule has 1 aliphatic heterocycles. The zero-order chi connectivity index (χ0) is 19.3. The van der Waals surface area contributed by atoms with E-state index in [1.54, 1.807) is 17.0 Å². The van der Waals surface area contributed by atoms with Crippen LogP contribution in [0.4, 0.5) is 5.82 Å². The maximum atomic E-state index is 12.7. The molecule has 0 bridgehead atoms. The van der Waals surface area contributed by atoms with Gasteiger partial charge in [-0.1, -0.05) is 30.3 Å². The monoisotopic (exact) mass is 388 g/mol. The molecule has 0 spiro atoms. The van der Waals surface area contributed by atoms with Crippen LogP contribution in [0.25, 0.3) is 0 Å². The number of carbonyl (C=O) groups is 1. The molecule has 1 aromatic carbocycles. The minimum Gasteiger partial charge on any atom is -0.368 e. The van der Waals surface area contributed by atoms with Crippen LogP contribution in [0.15, 0.2) is 42.5 Å². The van der Waals surface area contributed by atoms with Crippen molar-refractivity contribution < 1.29 is 13.2 Å². The number of anilines is 1. The Morgan fingerprint density at radius 3 is 2.56 bits per heavy atom. The highest BCUT2D eigenvalue weighted by Crippen LogP contribution is 2.19. The third-order valence-corrected chi connectivity index (χ3v) is 6.45. The van der Waals surface area contributed by atoms with Crippen molar-refractivity contribution in [3.8, 4) is 0 Å². The van der Waals surface area contributed by atoms with Crippen LogP contribution < -0.4 is 5.32 Å². The molecule has 0 aliphatic carbocycles. The first-order valence-corrected chi connectivity index (χ1v) is 10.9. The summed E-state index contributed by atoms with van der Waals surface area (Å²) in [5.41, 5.74) is 1.46. The first kappa shape index (κ1) is 19.3. The second-order valence-corrected chi connectivity index (χ2v) is 8.84. The Kier molecular flexibility index (Phi) is 6.05.